The number of rotatable bonds is 5. The zero-order valence-corrected chi connectivity index (χ0v) is 18.0. The van der Waals surface area contributed by atoms with Crippen LogP contribution in [0.4, 0.5) is 5.82 Å². The molecule has 2 heterocycles. The van der Waals surface area contributed by atoms with E-state index < -0.39 is 0 Å². The summed E-state index contributed by atoms with van der Waals surface area (Å²) in [5.74, 6) is 1.61. The van der Waals surface area contributed by atoms with E-state index in [2.05, 4.69) is 17.0 Å². The topological polar surface area (TPSA) is 51.7 Å². The summed E-state index contributed by atoms with van der Waals surface area (Å²) in [5, 5.41) is 1.72. The third-order valence-electron chi connectivity index (χ3n) is 5.60. The van der Waals surface area contributed by atoms with Crippen molar-refractivity contribution in [3.63, 3.8) is 0 Å². The second kappa shape index (κ2) is 8.92. The standard InChI is InChI=1S/C24H25ClN2O3/c1-3-30-24(28)16-10-12-27(13-11-16)23-9-5-18-14-17(4-8-22(18)26-23)20-7-6-19(29-2)15-21(20)25/h4-9,14-16H,3,10-13H2,1-2H3. The number of carbonyl (C=O) groups is 1. The molecule has 0 amide bonds. The molecule has 6 heteroatoms. The molecule has 0 bridgehead atoms. The summed E-state index contributed by atoms with van der Waals surface area (Å²) < 4.78 is 10.4. The van der Waals surface area contributed by atoms with Crippen molar-refractivity contribution in [2.75, 3.05) is 31.7 Å². The first kappa shape index (κ1) is 20.5. The second-order valence-electron chi connectivity index (χ2n) is 7.44. The molecule has 4 rings (SSSR count). The lowest BCUT2D eigenvalue weighted by Crippen LogP contribution is -2.37. The number of methoxy groups -OCH3 is 1. The first-order valence-corrected chi connectivity index (χ1v) is 10.6. The first-order chi connectivity index (χ1) is 14.6. The number of pyridine rings is 1. The highest BCUT2D eigenvalue weighted by molar-refractivity contribution is 6.33. The molecule has 5 nitrogen and oxygen atoms in total. The van der Waals surface area contributed by atoms with E-state index in [4.69, 9.17) is 26.1 Å². The molecular weight excluding hydrogens is 400 g/mol. The highest BCUT2D eigenvalue weighted by Gasteiger charge is 2.26. The van der Waals surface area contributed by atoms with Crippen molar-refractivity contribution in [3.05, 3.63) is 53.6 Å². The summed E-state index contributed by atoms with van der Waals surface area (Å²) in [6, 6.07) is 16.0. The van der Waals surface area contributed by atoms with Crippen molar-refractivity contribution in [1.29, 1.82) is 0 Å². The predicted molar refractivity (Wildman–Crippen MR) is 120 cm³/mol. The van der Waals surface area contributed by atoms with Crippen molar-refractivity contribution in [2.45, 2.75) is 19.8 Å². The predicted octanol–water partition coefficient (Wildman–Crippen LogP) is 5.34. The van der Waals surface area contributed by atoms with E-state index in [0.717, 1.165) is 59.5 Å². The summed E-state index contributed by atoms with van der Waals surface area (Å²) in [6.45, 7) is 3.90. The van der Waals surface area contributed by atoms with E-state index in [0.29, 0.717) is 11.6 Å². The molecule has 1 saturated heterocycles. The Hall–Kier alpha value is -2.79. The summed E-state index contributed by atoms with van der Waals surface area (Å²) in [7, 11) is 1.63. The molecule has 0 radical (unpaired) electrons. The lowest BCUT2D eigenvalue weighted by molar-refractivity contribution is -0.148. The van der Waals surface area contributed by atoms with Crippen LogP contribution in [-0.4, -0.2) is 37.8 Å². The number of halogens is 1. The maximum atomic E-state index is 12.0. The fraction of sp³-hybridized carbons (Fsp3) is 0.333. The van der Waals surface area contributed by atoms with Crippen molar-refractivity contribution in [2.24, 2.45) is 5.92 Å². The van der Waals surface area contributed by atoms with Gasteiger partial charge in [0.1, 0.15) is 11.6 Å². The first-order valence-electron chi connectivity index (χ1n) is 10.3. The van der Waals surface area contributed by atoms with Gasteiger partial charge in [0.25, 0.3) is 0 Å². The lowest BCUT2D eigenvalue weighted by Gasteiger charge is -2.31. The van der Waals surface area contributed by atoms with Gasteiger partial charge >= 0.3 is 5.97 Å². The van der Waals surface area contributed by atoms with Gasteiger partial charge in [0, 0.05) is 24.0 Å². The van der Waals surface area contributed by atoms with E-state index in [-0.39, 0.29) is 11.9 Å². The Morgan fingerprint density at radius 3 is 2.63 bits per heavy atom. The Kier molecular flexibility index (Phi) is 6.09. The van der Waals surface area contributed by atoms with Crippen LogP contribution < -0.4 is 9.64 Å². The van der Waals surface area contributed by atoms with Crippen molar-refractivity contribution in [1.82, 2.24) is 4.98 Å². The number of ether oxygens (including phenoxy) is 2. The van der Waals surface area contributed by atoms with E-state index in [1.54, 1.807) is 7.11 Å². The lowest BCUT2D eigenvalue weighted by atomic mass is 9.97. The van der Waals surface area contributed by atoms with E-state index >= 15 is 0 Å². The SMILES string of the molecule is CCOC(=O)C1CCN(c2ccc3cc(-c4ccc(OC)cc4Cl)ccc3n2)CC1. The van der Waals surface area contributed by atoms with Crippen LogP contribution in [0, 0.1) is 5.92 Å². The molecule has 1 aliphatic rings. The molecule has 0 N–H and O–H groups in total. The van der Waals surface area contributed by atoms with Gasteiger partial charge in [-0.15, -0.1) is 0 Å². The van der Waals surface area contributed by atoms with Crippen LogP contribution in [0.25, 0.3) is 22.0 Å². The molecule has 156 valence electrons. The average Bonchev–Trinajstić information content (AvgIpc) is 2.78. The van der Waals surface area contributed by atoms with Crippen molar-refractivity contribution < 1.29 is 14.3 Å². The van der Waals surface area contributed by atoms with Crippen molar-refractivity contribution >= 4 is 34.3 Å². The fourth-order valence-electron chi connectivity index (χ4n) is 3.92. The number of fused-ring (bicyclic) bond motifs is 1. The Labute approximate surface area is 181 Å². The number of esters is 1. The van der Waals surface area contributed by atoms with Crippen LogP contribution >= 0.6 is 11.6 Å². The van der Waals surface area contributed by atoms with Gasteiger partial charge in [0.05, 0.1) is 30.2 Å². The van der Waals surface area contributed by atoms with E-state index in [9.17, 15) is 4.79 Å². The van der Waals surface area contributed by atoms with Gasteiger partial charge in [-0.25, -0.2) is 4.98 Å². The number of piperidine rings is 1. The third-order valence-corrected chi connectivity index (χ3v) is 5.91. The summed E-state index contributed by atoms with van der Waals surface area (Å²) in [4.78, 5) is 19.0. The fourth-order valence-corrected chi connectivity index (χ4v) is 4.20. The van der Waals surface area contributed by atoms with Gasteiger partial charge in [-0.1, -0.05) is 17.7 Å². The highest BCUT2D eigenvalue weighted by Crippen LogP contribution is 2.33. The molecule has 0 saturated carbocycles. The summed E-state index contributed by atoms with van der Waals surface area (Å²) >= 11 is 6.44. The third kappa shape index (κ3) is 4.21. The average molecular weight is 425 g/mol. The zero-order chi connectivity index (χ0) is 21.1. The van der Waals surface area contributed by atoms with Crippen LogP contribution in [0.1, 0.15) is 19.8 Å². The van der Waals surface area contributed by atoms with Gasteiger partial charge in [-0.3, -0.25) is 4.79 Å². The van der Waals surface area contributed by atoms with Crippen LogP contribution in [0.15, 0.2) is 48.5 Å². The van der Waals surface area contributed by atoms with E-state index in [1.807, 2.05) is 43.3 Å². The number of benzene rings is 2. The van der Waals surface area contributed by atoms with Crippen LogP contribution in [-0.2, 0) is 9.53 Å². The maximum Gasteiger partial charge on any atom is 0.309 e. The number of hydrogen-bond acceptors (Lipinski definition) is 5. The van der Waals surface area contributed by atoms with Gasteiger partial charge < -0.3 is 14.4 Å². The quantitative estimate of drug-likeness (QED) is 0.517. The van der Waals surface area contributed by atoms with Gasteiger partial charge in [-0.2, -0.15) is 0 Å². The second-order valence-corrected chi connectivity index (χ2v) is 7.84. The van der Waals surface area contributed by atoms with Crippen LogP contribution in [0.3, 0.4) is 0 Å². The number of nitrogens with zero attached hydrogens (tertiary/aromatic N) is 2. The smallest absolute Gasteiger partial charge is 0.309 e. The Morgan fingerprint density at radius 2 is 1.93 bits per heavy atom. The van der Waals surface area contributed by atoms with Gasteiger partial charge in [-0.05, 0) is 67.8 Å². The number of carbonyl (C=O) groups excluding carboxylic acids is 1. The molecule has 1 fully saturated rings. The van der Waals surface area contributed by atoms with Crippen LogP contribution in [0.2, 0.25) is 5.02 Å². The number of aromatic nitrogens is 1. The normalized spacial score (nSPS) is 14.7. The molecule has 0 spiro atoms. The molecule has 3 aromatic rings. The minimum absolute atomic E-state index is 0.00143. The molecule has 0 atom stereocenters. The zero-order valence-electron chi connectivity index (χ0n) is 17.2. The minimum Gasteiger partial charge on any atom is -0.497 e. The molecule has 0 unspecified atom stereocenters. The molecular formula is C24H25ClN2O3. The van der Waals surface area contributed by atoms with Crippen molar-refractivity contribution in [3.8, 4) is 16.9 Å². The Morgan fingerprint density at radius 1 is 1.13 bits per heavy atom. The van der Waals surface area contributed by atoms with Gasteiger partial charge in [0.15, 0.2) is 0 Å². The van der Waals surface area contributed by atoms with Gasteiger partial charge in [0.2, 0.25) is 0 Å². The molecule has 2 aromatic carbocycles. The number of anilines is 1. The monoisotopic (exact) mass is 424 g/mol. The molecule has 0 aliphatic carbocycles. The minimum atomic E-state index is -0.0756. The van der Waals surface area contributed by atoms with E-state index in [1.165, 1.54) is 0 Å². The Bertz CT molecular complexity index is 1060. The molecule has 1 aliphatic heterocycles. The number of hydrogen-bond donors (Lipinski definition) is 0. The maximum absolute atomic E-state index is 12.0. The molecule has 1 aromatic heterocycles. The van der Waals surface area contributed by atoms with Crippen LogP contribution in [0.5, 0.6) is 5.75 Å². The summed E-state index contributed by atoms with van der Waals surface area (Å²) in [6.07, 6.45) is 1.60. The highest BCUT2D eigenvalue weighted by atomic mass is 35.5. The largest absolute Gasteiger partial charge is 0.497 e. The summed E-state index contributed by atoms with van der Waals surface area (Å²) in [5.41, 5.74) is 2.94. The molecule has 30 heavy (non-hydrogen) atoms. The Balaban J connectivity index is 1.52.